The van der Waals surface area contributed by atoms with Gasteiger partial charge in [-0.2, -0.15) is 0 Å². The molecule has 0 aromatic carbocycles. The van der Waals surface area contributed by atoms with Crippen molar-refractivity contribution in [2.75, 3.05) is 26.2 Å². The third kappa shape index (κ3) is 1.32. The van der Waals surface area contributed by atoms with E-state index in [9.17, 15) is 0 Å². The molecule has 1 unspecified atom stereocenters. The quantitative estimate of drug-likeness (QED) is 0.474. The van der Waals surface area contributed by atoms with E-state index in [1.165, 1.54) is 0 Å². The van der Waals surface area contributed by atoms with Crippen LogP contribution in [0.25, 0.3) is 0 Å². The molecule has 4 N–H and O–H groups in total. The molecule has 1 atom stereocenters. The summed E-state index contributed by atoms with van der Waals surface area (Å²) in [7, 11) is 0. The Bertz CT molecular complexity index is 193. The smallest absolute Gasteiger partial charge is 0.118 e. The van der Waals surface area contributed by atoms with E-state index in [4.69, 9.17) is 5.73 Å². The highest BCUT2D eigenvalue weighted by Crippen LogP contribution is 2.15. The number of hydrogen-bond acceptors (Lipinski definition) is 4. The average molecular weight is 168 g/mol. The SMILES string of the molecule is NC1(C2=NCCN2)CCCNC1. The molecule has 0 radical (unpaired) electrons. The summed E-state index contributed by atoms with van der Waals surface area (Å²) in [5.74, 6) is 1.01. The maximum absolute atomic E-state index is 6.21. The predicted octanol–water partition coefficient (Wildman–Crippen LogP) is -0.931. The Morgan fingerprint density at radius 3 is 2.92 bits per heavy atom. The number of nitrogens with zero attached hydrogens (tertiary/aromatic N) is 1. The molecule has 12 heavy (non-hydrogen) atoms. The standard InChI is InChI=1S/C8H16N4/c9-8(2-1-3-10-6-8)7-11-4-5-12-7/h10H,1-6,9H2,(H,11,12). The lowest BCUT2D eigenvalue weighted by atomic mass is 9.90. The lowest BCUT2D eigenvalue weighted by Crippen LogP contribution is -2.61. The van der Waals surface area contributed by atoms with E-state index >= 15 is 0 Å². The van der Waals surface area contributed by atoms with Gasteiger partial charge in [-0.25, -0.2) is 0 Å². The molecular formula is C8H16N4. The maximum atomic E-state index is 6.21. The molecule has 1 fully saturated rings. The van der Waals surface area contributed by atoms with E-state index in [0.29, 0.717) is 0 Å². The number of nitrogens with one attached hydrogen (secondary N) is 2. The van der Waals surface area contributed by atoms with Gasteiger partial charge in [-0.1, -0.05) is 0 Å². The van der Waals surface area contributed by atoms with Crippen molar-refractivity contribution in [1.29, 1.82) is 0 Å². The lowest BCUT2D eigenvalue weighted by molar-refractivity contribution is 0.395. The fourth-order valence-electron chi connectivity index (χ4n) is 1.86. The second-order valence-corrected chi connectivity index (χ2v) is 3.59. The second-order valence-electron chi connectivity index (χ2n) is 3.59. The zero-order valence-electron chi connectivity index (χ0n) is 7.27. The number of rotatable bonds is 1. The minimum absolute atomic E-state index is 0.214. The van der Waals surface area contributed by atoms with Crippen LogP contribution in [0.4, 0.5) is 0 Å². The zero-order valence-corrected chi connectivity index (χ0v) is 7.27. The molecule has 0 spiro atoms. The molecule has 4 heteroatoms. The van der Waals surface area contributed by atoms with Crippen LogP contribution in [0, 0.1) is 0 Å². The van der Waals surface area contributed by atoms with Crippen LogP contribution < -0.4 is 16.4 Å². The highest BCUT2D eigenvalue weighted by atomic mass is 15.1. The van der Waals surface area contributed by atoms with Crippen molar-refractivity contribution in [3.63, 3.8) is 0 Å². The molecule has 2 heterocycles. The van der Waals surface area contributed by atoms with Crippen LogP contribution in [0.1, 0.15) is 12.8 Å². The summed E-state index contributed by atoms with van der Waals surface area (Å²) in [6.07, 6.45) is 2.20. The van der Waals surface area contributed by atoms with Crippen LogP contribution >= 0.6 is 0 Å². The van der Waals surface area contributed by atoms with E-state index < -0.39 is 0 Å². The first-order valence-electron chi connectivity index (χ1n) is 4.60. The number of nitrogens with two attached hydrogens (primary N) is 1. The molecule has 2 aliphatic rings. The van der Waals surface area contributed by atoms with Crippen LogP contribution in [0.2, 0.25) is 0 Å². The molecule has 68 valence electrons. The molecule has 0 bridgehead atoms. The fraction of sp³-hybridized carbons (Fsp3) is 0.875. The summed E-state index contributed by atoms with van der Waals surface area (Å²) in [6.45, 7) is 3.79. The van der Waals surface area contributed by atoms with Gasteiger partial charge in [0.15, 0.2) is 0 Å². The molecule has 0 aromatic heterocycles. The number of amidine groups is 1. The van der Waals surface area contributed by atoms with Gasteiger partial charge in [-0.15, -0.1) is 0 Å². The van der Waals surface area contributed by atoms with Crippen molar-refractivity contribution in [3.8, 4) is 0 Å². The Labute approximate surface area is 72.6 Å². The van der Waals surface area contributed by atoms with E-state index in [1.54, 1.807) is 0 Å². The molecular weight excluding hydrogens is 152 g/mol. The van der Waals surface area contributed by atoms with Crippen molar-refractivity contribution in [2.24, 2.45) is 10.7 Å². The Kier molecular flexibility index (Phi) is 2.02. The molecule has 2 rings (SSSR count). The topological polar surface area (TPSA) is 62.4 Å². The fourth-order valence-corrected chi connectivity index (χ4v) is 1.86. The molecule has 0 aromatic rings. The second kappa shape index (κ2) is 3.03. The molecule has 0 aliphatic carbocycles. The summed E-state index contributed by atoms with van der Waals surface area (Å²) >= 11 is 0. The van der Waals surface area contributed by atoms with Crippen LogP contribution in [-0.4, -0.2) is 37.6 Å². The van der Waals surface area contributed by atoms with E-state index in [-0.39, 0.29) is 5.54 Å². The van der Waals surface area contributed by atoms with Crippen LogP contribution in [0.5, 0.6) is 0 Å². The van der Waals surface area contributed by atoms with Gasteiger partial charge in [-0.05, 0) is 19.4 Å². The van der Waals surface area contributed by atoms with Crippen molar-refractivity contribution < 1.29 is 0 Å². The van der Waals surface area contributed by atoms with Gasteiger partial charge >= 0.3 is 0 Å². The van der Waals surface area contributed by atoms with Crippen LogP contribution in [0.15, 0.2) is 4.99 Å². The zero-order chi connectivity index (χ0) is 8.44. The minimum atomic E-state index is -0.214. The van der Waals surface area contributed by atoms with Gasteiger partial charge in [-0.3, -0.25) is 4.99 Å². The highest BCUT2D eigenvalue weighted by molar-refractivity contribution is 5.92. The number of piperidine rings is 1. The van der Waals surface area contributed by atoms with Gasteiger partial charge < -0.3 is 16.4 Å². The number of hydrogen-bond donors (Lipinski definition) is 3. The number of aliphatic imine (C=N–C) groups is 1. The van der Waals surface area contributed by atoms with Crippen LogP contribution in [-0.2, 0) is 0 Å². The maximum Gasteiger partial charge on any atom is 0.118 e. The van der Waals surface area contributed by atoms with E-state index in [2.05, 4.69) is 15.6 Å². The normalized spacial score (nSPS) is 35.9. The molecule has 0 amide bonds. The van der Waals surface area contributed by atoms with Gasteiger partial charge in [0.25, 0.3) is 0 Å². The molecule has 2 aliphatic heterocycles. The van der Waals surface area contributed by atoms with Crippen molar-refractivity contribution in [3.05, 3.63) is 0 Å². The van der Waals surface area contributed by atoms with Crippen molar-refractivity contribution >= 4 is 5.84 Å². The third-order valence-electron chi connectivity index (χ3n) is 2.56. The van der Waals surface area contributed by atoms with Crippen molar-refractivity contribution in [2.45, 2.75) is 18.4 Å². The highest BCUT2D eigenvalue weighted by Gasteiger charge is 2.34. The lowest BCUT2D eigenvalue weighted by Gasteiger charge is -2.33. The van der Waals surface area contributed by atoms with Crippen LogP contribution in [0.3, 0.4) is 0 Å². The third-order valence-corrected chi connectivity index (χ3v) is 2.56. The summed E-state index contributed by atoms with van der Waals surface area (Å²) in [6, 6.07) is 0. The predicted molar refractivity (Wildman–Crippen MR) is 49.3 cm³/mol. The van der Waals surface area contributed by atoms with Gasteiger partial charge in [0.2, 0.25) is 0 Å². The van der Waals surface area contributed by atoms with Gasteiger partial charge in [0, 0.05) is 13.1 Å². The van der Waals surface area contributed by atoms with Gasteiger partial charge in [0.05, 0.1) is 12.1 Å². The molecule has 0 saturated carbocycles. The first kappa shape index (κ1) is 8.01. The summed E-state index contributed by atoms with van der Waals surface area (Å²) in [5.41, 5.74) is 6.00. The Morgan fingerprint density at radius 1 is 1.42 bits per heavy atom. The summed E-state index contributed by atoms with van der Waals surface area (Å²) < 4.78 is 0. The Balaban J connectivity index is 2.07. The minimum Gasteiger partial charge on any atom is -0.370 e. The van der Waals surface area contributed by atoms with Gasteiger partial charge in [0.1, 0.15) is 5.84 Å². The van der Waals surface area contributed by atoms with Crippen molar-refractivity contribution in [1.82, 2.24) is 10.6 Å². The average Bonchev–Trinajstić information content (AvgIpc) is 2.58. The Morgan fingerprint density at radius 2 is 2.33 bits per heavy atom. The monoisotopic (exact) mass is 168 g/mol. The first-order chi connectivity index (χ1) is 5.81. The summed E-state index contributed by atoms with van der Waals surface area (Å²) in [4.78, 5) is 4.37. The molecule has 1 saturated heterocycles. The first-order valence-corrected chi connectivity index (χ1v) is 4.60. The molecule has 4 nitrogen and oxygen atoms in total. The van der Waals surface area contributed by atoms with E-state index in [0.717, 1.165) is 44.9 Å². The van der Waals surface area contributed by atoms with E-state index in [1.807, 2.05) is 0 Å². The Hall–Kier alpha value is -0.610. The summed E-state index contributed by atoms with van der Waals surface area (Å²) in [5, 5.41) is 6.56. The largest absolute Gasteiger partial charge is 0.370 e.